The highest BCUT2D eigenvalue weighted by molar-refractivity contribution is 5.82. The summed E-state index contributed by atoms with van der Waals surface area (Å²) in [4.78, 5) is 14.5. The van der Waals surface area contributed by atoms with Crippen LogP contribution in [0.2, 0.25) is 0 Å². The molecule has 1 aromatic carbocycles. The van der Waals surface area contributed by atoms with Crippen LogP contribution >= 0.6 is 0 Å². The molecule has 3 N–H and O–H groups in total. The van der Waals surface area contributed by atoms with Gasteiger partial charge in [-0.3, -0.25) is 9.78 Å². The highest BCUT2D eigenvalue weighted by Crippen LogP contribution is 2.21. The van der Waals surface area contributed by atoms with Crippen LogP contribution in [-0.4, -0.2) is 16.1 Å². The first kappa shape index (κ1) is 11.5. The van der Waals surface area contributed by atoms with Crippen LogP contribution in [0.3, 0.4) is 0 Å². The molecule has 0 aliphatic heterocycles. The molecule has 4 heteroatoms. The minimum Gasteiger partial charge on any atom is -0.481 e. The van der Waals surface area contributed by atoms with Gasteiger partial charge in [0.15, 0.2) is 0 Å². The fourth-order valence-corrected chi connectivity index (χ4v) is 1.78. The third kappa shape index (κ3) is 2.79. The maximum absolute atomic E-state index is 10.5. The number of carboxylic acid groups (broad SMARTS) is 1. The zero-order valence-electron chi connectivity index (χ0n) is 9.34. The van der Waals surface area contributed by atoms with Crippen LogP contribution in [0.5, 0.6) is 0 Å². The quantitative estimate of drug-likeness (QED) is 0.843. The summed E-state index contributed by atoms with van der Waals surface area (Å²) in [6.45, 7) is 0. The molecule has 0 spiro atoms. The summed E-state index contributed by atoms with van der Waals surface area (Å²) in [5.74, 6) is -0.817. The van der Waals surface area contributed by atoms with E-state index in [1.54, 1.807) is 12.4 Å². The number of carboxylic acids is 1. The zero-order valence-corrected chi connectivity index (χ0v) is 9.34. The summed E-state index contributed by atoms with van der Waals surface area (Å²) in [5.41, 5.74) is 6.90. The number of benzene rings is 1. The molecule has 1 atom stereocenters. The van der Waals surface area contributed by atoms with Crippen molar-refractivity contribution in [1.29, 1.82) is 0 Å². The minimum absolute atomic E-state index is 0.0895. The number of carbonyl (C=O) groups is 1. The second-order valence-corrected chi connectivity index (χ2v) is 4.02. The van der Waals surface area contributed by atoms with Crippen molar-refractivity contribution in [3.05, 3.63) is 42.2 Å². The maximum atomic E-state index is 10.5. The predicted octanol–water partition coefficient (Wildman–Crippen LogP) is 2.10. The average molecular weight is 230 g/mol. The van der Waals surface area contributed by atoms with E-state index in [1.165, 1.54) is 0 Å². The van der Waals surface area contributed by atoms with Gasteiger partial charge in [-0.1, -0.05) is 12.1 Å². The van der Waals surface area contributed by atoms with Crippen molar-refractivity contribution in [3.8, 4) is 0 Å². The lowest BCUT2D eigenvalue weighted by Crippen LogP contribution is -2.12. The summed E-state index contributed by atoms with van der Waals surface area (Å²) in [5, 5.41) is 10.7. The molecule has 0 amide bonds. The van der Waals surface area contributed by atoms with E-state index < -0.39 is 5.97 Å². The van der Waals surface area contributed by atoms with Crippen LogP contribution in [0.1, 0.15) is 24.4 Å². The van der Waals surface area contributed by atoms with Crippen molar-refractivity contribution in [2.24, 2.45) is 5.73 Å². The van der Waals surface area contributed by atoms with Gasteiger partial charge in [0.25, 0.3) is 0 Å². The number of nitrogens with two attached hydrogens (primary N) is 1. The Morgan fingerprint density at radius 2 is 2.18 bits per heavy atom. The zero-order chi connectivity index (χ0) is 12.3. The first-order chi connectivity index (χ1) is 8.16. The molecule has 0 bridgehead atoms. The Labute approximate surface area is 99.1 Å². The summed E-state index contributed by atoms with van der Waals surface area (Å²) in [6.07, 6.45) is 4.06. The molecule has 0 aliphatic carbocycles. The smallest absolute Gasteiger partial charge is 0.303 e. The van der Waals surface area contributed by atoms with Crippen molar-refractivity contribution in [3.63, 3.8) is 0 Å². The number of aromatic nitrogens is 1. The fourth-order valence-electron chi connectivity index (χ4n) is 1.78. The standard InChI is InChI=1S/C13H14N2O2/c14-12(3-4-13(16)17)10-2-1-9-5-6-15-8-11(9)7-10/h1-2,5-8,12H,3-4,14H2,(H,16,17). The van der Waals surface area contributed by atoms with E-state index in [1.807, 2.05) is 24.3 Å². The highest BCUT2D eigenvalue weighted by Gasteiger charge is 2.08. The van der Waals surface area contributed by atoms with Crippen molar-refractivity contribution in [2.45, 2.75) is 18.9 Å². The Hall–Kier alpha value is -1.94. The van der Waals surface area contributed by atoms with Crippen molar-refractivity contribution >= 4 is 16.7 Å². The van der Waals surface area contributed by atoms with Crippen LogP contribution < -0.4 is 5.73 Å². The van der Waals surface area contributed by atoms with E-state index in [4.69, 9.17) is 10.8 Å². The van der Waals surface area contributed by atoms with E-state index in [2.05, 4.69) is 4.98 Å². The molecule has 1 aromatic heterocycles. The van der Waals surface area contributed by atoms with Gasteiger partial charge in [0.2, 0.25) is 0 Å². The third-order valence-electron chi connectivity index (χ3n) is 2.76. The third-order valence-corrected chi connectivity index (χ3v) is 2.76. The first-order valence-corrected chi connectivity index (χ1v) is 5.48. The summed E-state index contributed by atoms with van der Waals surface area (Å²) in [6, 6.07) is 7.58. The van der Waals surface area contributed by atoms with Gasteiger partial charge in [0.1, 0.15) is 0 Å². The number of hydrogen-bond acceptors (Lipinski definition) is 3. The second-order valence-electron chi connectivity index (χ2n) is 4.02. The Morgan fingerprint density at radius 1 is 1.35 bits per heavy atom. The molecule has 0 fully saturated rings. The van der Waals surface area contributed by atoms with Gasteiger partial charge >= 0.3 is 5.97 Å². The molecule has 17 heavy (non-hydrogen) atoms. The van der Waals surface area contributed by atoms with Crippen LogP contribution in [0, 0.1) is 0 Å². The monoisotopic (exact) mass is 230 g/mol. The fraction of sp³-hybridized carbons (Fsp3) is 0.231. The minimum atomic E-state index is -0.817. The average Bonchev–Trinajstić information content (AvgIpc) is 2.35. The predicted molar refractivity (Wildman–Crippen MR) is 65.5 cm³/mol. The Balaban J connectivity index is 2.20. The number of fused-ring (bicyclic) bond motifs is 1. The molecular weight excluding hydrogens is 216 g/mol. The van der Waals surface area contributed by atoms with Gasteiger partial charge in [0.05, 0.1) is 0 Å². The SMILES string of the molecule is NC(CCC(=O)O)c1ccc2ccncc2c1. The topological polar surface area (TPSA) is 76.2 Å². The van der Waals surface area contributed by atoms with E-state index in [0.717, 1.165) is 16.3 Å². The molecule has 2 aromatic rings. The van der Waals surface area contributed by atoms with Crippen LogP contribution in [0.25, 0.3) is 10.8 Å². The molecule has 2 rings (SSSR count). The Kier molecular flexibility index (Phi) is 3.35. The maximum Gasteiger partial charge on any atom is 0.303 e. The first-order valence-electron chi connectivity index (χ1n) is 5.48. The van der Waals surface area contributed by atoms with Gasteiger partial charge in [0, 0.05) is 30.2 Å². The van der Waals surface area contributed by atoms with Crippen LogP contribution in [0.4, 0.5) is 0 Å². The van der Waals surface area contributed by atoms with E-state index >= 15 is 0 Å². The summed E-state index contributed by atoms with van der Waals surface area (Å²) >= 11 is 0. The molecule has 0 saturated carbocycles. The second kappa shape index (κ2) is 4.93. The number of aliphatic carboxylic acids is 1. The summed E-state index contributed by atoms with van der Waals surface area (Å²) < 4.78 is 0. The number of pyridine rings is 1. The number of nitrogens with zero attached hydrogens (tertiary/aromatic N) is 1. The molecule has 1 heterocycles. The van der Waals surface area contributed by atoms with Gasteiger partial charge in [-0.15, -0.1) is 0 Å². The molecular formula is C13H14N2O2. The lowest BCUT2D eigenvalue weighted by Gasteiger charge is -2.11. The molecule has 0 radical (unpaired) electrons. The van der Waals surface area contributed by atoms with Crippen molar-refractivity contribution in [2.75, 3.05) is 0 Å². The van der Waals surface area contributed by atoms with E-state index in [-0.39, 0.29) is 12.5 Å². The van der Waals surface area contributed by atoms with Crippen molar-refractivity contribution < 1.29 is 9.90 Å². The number of hydrogen-bond donors (Lipinski definition) is 2. The molecule has 4 nitrogen and oxygen atoms in total. The molecule has 0 aliphatic rings. The Morgan fingerprint density at radius 3 is 2.94 bits per heavy atom. The lowest BCUT2D eigenvalue weighted by atomic mass is 10.0. The van der Waals surface area contributed by atoms with Gasteiger partial charge in [-0.05, 0) is 29.5 Å². The summed E-state index contributed by atoms with van der Waals surface area (Å²) in [7, 11) is 0. The van der Waals surface area contributed by atoms with Gasteiger partial charge < -0.3 is 10.8 Å². The van der Waals surface area contributed by atoms with Gasteiger partial charge in [-0.2, -0.15) is 0 Å². The van der Waals surface area contributed by atoms with Crippen LogP contribution in [0.15, 0.2) is 36.7 Å². The molecule has 0 saturated heterocycles. The van der Waals surface area contributed by atoms with E-state index in [0.29, 0.717) is 6.42 Å². The number of rotatable bonds is 4. The van der Waals surface area contributed by atoms with Gasteiger partial charge in [-0.25, -0.2) is 0 Å². The highest BCUT2D eigenvalue weighted by atomic mass is 16.4. The largest absolute Gasteiger partial charge is 0.481 e. The Bertz CT molecular complexity index is 540. The van der Waals surface area contributed by atoms with Crippen molar-refractivity contribution in [1.82, 2.24) is 4.98 Å². The van der Waals surface area contributed by atoms with E-state index in [9.17, 15) is 4.79 Å². The normalized spacial score (nSPS) is 12.5. The van der Waals surface area contributed by atoms with Crippen LogP contribution in [-0.2, 0) is 4.79 Å². The lowest BCUT2D eigenvalue weighted by molar-refractivity contribution is -0.137. The molecule has 88 valence electrons. The molecule has 1 unspecified atom stereocenters.